The van der Waals surface area contributed by atoms with Crippen LogP contribution >= 0.6 is 0 Å². The number of hydrogen-bond acceptors (Lipinski definition) is 5. The zero-order valence-electron chi connectivity index (χ0n) is 10.6. The van der Waals surface area contributed by atoms with Crippen LogP contribution in [0.1, 0.15) is 5.56 Å². The molecule has 3 N–H and O–H groups in total. The molecule has 0 fully saturated rings. The second kappa shape index (κ2) is 5.76. The largest absolute Gasteiger partial charge is 0.341 e. The third-order valence-corrected chi connectivity index (χ3v) is 2.28. The Balaban J connectivity index is 2.13. The lowest BCUT2D eigenvalue weighted by Crippen LogP contribution is -2.25. The van der Waals surface area contributed by atoms with E-state index in [4.69, 9.17) is 0 Å². The van der Waals surface area contributed by atoms with Gasteiger partial charge < -0.3 is 10.6 Å². The lowest BCUT2D eigenvalue weighted by atomic mass is 10.3. The Hall–Kier alpha value is -2.70. The molecule has 0 spiro atoms. The molecule has 0 atom stereocenters. The standard InChI is InChI=1S/C12H14N6O/c1-8-3-5-14-10(7-8)16-9-4-6-15-11(17-9)18-12(19)13-2/h3-7H,1-2H3,(H3,13,14,15,16,17,18,19). The summed E-state index contributed by atoms with van der Waals surface area (Å²) in [6.07, 6.45) is 3.26. The second-order valence-corrected chi connectivity index (χ2v) is 3.81. The number of aryl methyl sites for hydroxylation is 1. The fourth-order valence-corrected chi connectivity index (χ4v) is 1.39. The molecule has 0 radical (unpaired) electrons. The van der Waals surface area contributed by atoms with E-state index in [1.54, 1.807) is 18.5 Å². The molecule has 0 unspecified atom stereocenters. The molecule has 7 nitrogen and oxygen atoms in total. The molecule has 2 rings (SSSR count). The van der Waals surface area contributed by atoms with Crippen molar-refractivity contribution in [3.8, 4) is 0 Å². The highest BCUT2D eigenvalue weighted by Crippen LogP contribution is 2.13. The van der Waals surface area contributed by atoms with Crippen molar-refractivity contribution in [2.45, 2.75) is 6.92 Å². The van der Waals surface area contributed by atoms with Crippen molar-refractivity contribution < 1.29 is 4.79 Å². The number of nitrogens with one attached hydrogen (secondary N) is 3. The minimum atomic E-state index is -0.370. The number of pyridine rings is 1. The predicted octanol–water partition coefficient (Wildman–Crippen LogP) is 1.67. The van der Waals surface area contributed by atoms with E-state index in [9.17, 15) is 4.79 Å². The Labute approximate surface area is 110 Å². The summed E-state index contributed by atoms with van der Waals surface area (Å²) in [6.45, 7) is 1.98. The number of urea groups is 1. The van der Waals surface area contributed by atoms with Crippen LogP contribution in [0.2, 0.25) is 0 Å². The highest BCUT2D eigenvalue weighted by Gasteiger charge is 2.03. The zero-order chi connectivity index (χ0) is 13.7. The van der Waals surface area contributed by atoms with E-state index in [1.165, 1.54) is 7.05 Å². The molecular formula is C12H14N6O. The number of rotatable bonds is 3. The minimum Gasteiger partial charge on any atom is -0.341 e. The summed E-state index contributed by atoms with van der Waals surface area (Å²) in [6, 6.07) is 5.13. The first-order chi connectivity index (χ1) is 9.17. The fourth-order valence-electron chi connectivity index (χ4n) is 1.39. The summed E-state index contributed by atoms with van der Waals surface area (Å²) in [5.41, 5.74) is 1.09. The van der Waals surface area contributed by atoms with Gasteiger partial charge in [0.2, 0.25) is 5.95 Å². The van der Waals surface area contributed by atoms with E-state index in [2.05, 4.69) is 30.9 Å². The quantitative estimate of drug-likeness (QED) is 0.779. The maximum atomic E-state index is 11.2. The molecule has 2 heterocycles. The van der Waals surface area contributed by atoms with Gasteiger partial charge in [-0.15, -0.1) is 0 Å². The Morgan fingerprint density at radius 2 is 1.95 bits per heavy atom. The van der Waals surface area contributed by atoms with E-state index in [1.807, 2.05) is 19.1 Å². The summed E-state index contributed by atoms with van der Waals surface area (Å²) in [4.78, 5) is 23.4. The highest BCUT2D eigenvalue weighted by molar-refractivity contribution is 5.87. The van der Waals surface area contributed by atoms with Gasteiger partial charge in [0.05, 0.1) is 0 Å². The van der Waals surface area contributed by atoms with Crippen LogP contribution in [0.5, 0.6) is 0 Å². The molecular weight excluding hydrogens is 244 g/mol. The van der Waals surface area contributed by atoms with Crippen LogP contribution in [-0.4, -0.2) is 28.0 Å². The van der Waals surface area contributed by atoms with E-state index < -0.39 is 0 Å². The third-order valence-electron chi connectivity index (χ3n) is 2.28. The normalized spacial score (nSPS) is 9.79. The third kappa shape index (κ3) is 3.63. The molecule has 2 aromatic heterocycles. The van der Waals surface area contributed by atoms with Crippen molar-refractivity contribution in [2.24, 2.45) is 0 Å². The highest BCUT2D eigenvalue weighted by atomic mass is 16.2. The Bertz CT molecular complexity index is 586. The van der Waals surface area contributed by atoms with Gasteiger partial charge >= 0.3 is 6.03 Å². The van der Waals surface area contributed by atoms with E-state index in [0.29, 0.717) is 11.6 Å². The average Bonchev–Trinajstić information content (AvgIpc) is 2.39. The smallest absolute Gasteiger partial charge is 0.321 e. The van der Waals surface area contributed by atoms with Crippen LogP contribution in [0.15, 0.2) is 30.6 Å². The van der Waals surface area contributed by atoms with Gasteiger partial charge in [0, 0.05) is 19.4 Å². The van der Waals surface area contributed by atoms with Gasteiger partial charge in [-0.05, 0) is 30.7 Å². The fraction of sp³-hybridized carbons (Fsp3) is 0.167. The van der Waals surface area contributed by atoms with E-state index >= 15 is 0 Å². The van der Waals surface area contributed by atoms with Crippen LogP contribution in [-0.2, 0) is 0 Å². The van der Waals surface area contributed by atoms with Crippen molar-refractivity contribution in [3.05, 3.63) is 36.2 Å². The number of hydrogen-bond donors (Lipinski definition) is 3. The summed E-state index contributed by atoms with van der Waals surface area (Å²) in [7, 11) is 1.52. The number of anilines is 3. The first-order valence-electron chi connectivity index (χ1n) is 5.69. The Kier molecular flexibility index (Phi) is 3.87. The Morgan fingerprint density at radius 3 is 2.68 bits per heavy atom. The molecule has 2 amide bonds. The van der Waals surface area contributed by atoms with Crippen molar-refractivity contribution in [2.75, 3.05) is 17.7 Å². The van der Waals surface area contributed by atoms with Gasteiger partial charge in [0.25, 0.3) is 0 Å². The summed E-state index contributed by atoms with van der Waals surface area (Å²) < 4.78 is 0. The van der Waals surface area contributed by atoms with Gasteiger partial charge in [0.1, 0.15) is 11.6 Å². The van der Waals surface area contributed by atoms with Gasteiger partial charge in [-0.1, -0.05) is 0 Å². The summed E-state index contributed by atoms with van der Waals surface area (Å²) in [5, 5.41) is 7.97. The van der Waals surface area contributed by atoms with Crippen molar-refractivity contribution in [1.29, 1.82) is 0 Å². The summed E-state index contributed by atoms with van der Waals surface area (Å²) >= 11 is 0. The predicted molar refractivity (Wildman–Crippen MR) is 72.4 cm³/mol. The SMILES string of the molecule is CNC(=O)Nc1nccc(Nc2cc(C)ccn2)n1. The first kappa shape index (κ1) is 12.7. The van der Waals surface area contributed by atoms with Crippen LogP contribution in [0.25, 0.3) is 0 Å². The molecule has 0 saturated carbocycles. The molecule has 7 heteroatoms. The lowest BCUT2D eigenvalue weighted by Gasteiger charge is -2.07. The van der Waals surface area contributed by atoms with Gasteiger partial charge in [-0.25, -0.2) is 14.8 Å². The maximum absolute atomic E-state index is 11.2. The van der Waals surface area contributed by atoms with Crippen molar-refractivity contribution in [3.63, 3.8) is 0 Å². The van der Waals surface area contributed by atoms with Crippen molar-refractivity contribution >= 4 is 23.6 Å². The molecule has 0 aliphatic heterocycles. The van der Waals surface area contributed by atoms with Gasteiger partial charge in [-0.2, -0.15) is 4.98 Å². The monoisotopic (exact) mass is 258 g/mol. The molecule has 0 aliphatic carbocycles. The number of amides is 2. The molecule has 98 valence electrons. The van der Waals surface area contributed by atoms with E-state index in [0.717, 1.165) is 5.56 Å². The average molecular weight is 258 g/mol. The van der Waals surface area contributed by atoms with E-state index in [-0.39, 0.29) is 12.0 Å². The lowest BCUT2D eigenvalue weighted by molar-refractivity contribution is 0.254. The molecule has 19 heavy (non-hydrogen) atoms. The van der Waals surface area contributed by atoms with Crippen LogP contribution in [0, 0.1) is 6.92 Å². The topological polar surface area (TPSA) is 91.8 Å². The molecule has 0 aliphatic rings. The number of carbonyl (C=O) groups excluding carboxylic acids is 1. The maximum Gasteiger partial charge on any atom is 0.321 e. The summed E-state index contributed by atoms with van der Waals surface area (Å²) in [5.74, 6) is 1.46. The van der Waals surface area contributed by atoms with Gasteiger partial charge in [0.15, 0.2) is 0 Å². The van der Waals surface area contributed by atoms with Crippen LogP contribution in [0.3, 0.4) is 0 Å². The molecule has 2 aromatic rings. The van der Waals surface area contributed by atoms with Gasteiger partial charge in [-0.3, -0.25) is 5.32 Å². The number of aromatic nitrogens is 3. The number of carbonyl (C=O) groups is 1. The molecule has 0 aromatic carbocycles. The van der Waals surface area contributed by atoms with Crippen molar-refractivity contribution in [1.82, 2.24) is 20.3 Å². The zero-order valence-corrected chi connectivity index (χ0v) is 10.6. The second-order valence-electron chi connectivity index (χ2n) is 3.81. The van der Waals surface area contributed by atoms with Crippen LogP contribution in [0.4, 0.5) is 22.4 Å². The first-order valence-corrected chi connectivity index (χ1v) is 5.69. The molecule has 0 bridgehead atoms. The van der Waals surface area contributed by atoms with Crippen LogP contribution < -0.4 is 16.0 Å². The molecule has 0 saturated heterocycles. The Morgan fingerprint density at radius 1 is 1.16 bits per heavy atom. The minimum absolute atomic E-state index is 0.219. The number of nitrogens with zero attached hydrogens (tertiary/aromatic N) is 3.